The minimum absolute atomic E-state index is 0.938. The van der Waals surface area contributed by atoms with E-state index in [0.29, 0.717) is 0 Å². The van der Waals surface area contributed by atoms with E-state index in [-0.39, 0.29) is 0 Å². The summed E-state index contributed by atoms with van der Waals surface area (Å²) in [5, 5.41) is 4.64. The molecule has 0 N–H and O–H groups in total. The average Bonchev–Trinajstić information content (AvgIpc) is 2.82. The Hall–Kier alpha value is 0.709. The van der Waals surface area contributed by atoms with Gasteiger partial charge >= 0.3 is 158 Å². The molecule has 0 saturated heterocycles. The Labute approximate surface area is 157 Å². The molecule has 126 valence electrons. The fraction of sp³-hybridized carbons (Fsp3) is 0.706. The maximum absolute atomic E-state index is 4.64. The Morgan fingerprint density at radius 2 is 1.45 bits per heavy atom. The van der Waals surface area contributed by atoms with Crippen molar-refractivity contribution in [3.05, 3.63) is 15.7 Å². The summed E-state index contributed by atoms with van der Waals surface area (Å²) < 4.78 is 10.1. The van der Waals surface area contributed by atoms with Crippen LogP contribution >= 0.6 is 31.9 Å². The quantitative estimate of drug-likeness (QED) is 0.291. The van der Waals surface area contributed by atoms with Gasteiger partial charge in [0.2, 0.25) is 0 Å². The monoisotopic (exact) mass is 540 g/mol. The Kier molecular flexibility index (Phi) is 9.95. The Morgan fingerprint density at radius 1 is 1.00 bits per heavy atom. The Bertz CT molecular complexity index is 450. The molecule has 0 spiro atoms. The van der Waals surface area contributed by atoms with Crippen molar-refractivity contribution >= 4 is 60.1 Å². The van der Waals surface area contributed by atoms with Gasteiger partial charge in [0.1, 0.15) is 0 Å². The third kappa shape index (κ3) is 5.10. The number of nitrogens with zero attached hydrogens (tertiary/aromatic N) is 2. The summed E-state index contributed by atoms with van der Waals surface area (Å²) in [6, 6.07) is 0. The van der Waals surface area contributed by atoms with Crippen LogP contribution in [0.4, 0.5) is 0 Å². The van der Waals surface area contributed by atoms with Crippen molar-refractivity contribution in [2.75, 3.05) is 0 Å². The predicted molar refractivity (Wildman–Crippen MR) is 109 cm³/mol. The molecule has 0 amide bonds. The molecule has 0 radical (unpaired) electrons. The van der Waals surface area contributed by atoms with Gasteiger partial charge in [-0.05, 0) is 0 Å². The zero-order valence-corrected chi connectivity index (χ0v) is 20.3. The van der Waals surface area contributed by atoms with E-state index in [1.54, 1.807) is 0 Å². The summed E-state index contributed by atoms with van der Waals surface area (Å²) in [4.78, 5) is 0. The van der Waals surface area contributed by atoms with E-state index >= 15 is 0 Å². The predicted octanol–water partition coefficient (Wildman–Crippen LogP) is 6.56. The van der Waals surface area contributed by atoms with E-state index in [0.717, 1.165) is 4.60 Å². The van der Waals surface area contributed by atoms with Gasteiger partial charge in [0.15, 0.2) is 0 Å². The molecule has 1 heterocycles. The van der Waals surface area contributed by atoms with E-state index in [1.165, 1.54) is 60.0 Å². The van der Waals surface area contributed by atoms with Crippen molar-refractivity contribution in [1.82, 2.24) is 9.78 Å². The minimum atomic E-state index is -2.48. The number of aromatic nitrogens is 2. The van der Waals surface area contributed by atoms with Crippen molar-refractivity contribution in [2.24, 2.45) is 0 Å². The third-order valence-electron chi connectivity index (χ3n) is 4.52. The van der Waals surface area contributed by atoms with Crippen LogP contribution in [0.5, 0.6) is 0 Å². The summed E-state index contributed by atoms with van der Waals surface area (Å²) >= 11 is 4.96. The molecule has 0 bridgehead atoms. The molecule has 0 aliphatic carbocycles. The zero-order chi connectivity index (χ0) is 16.6. The first-order valence-corrected chi connectivity index (χ1v) is 17.7. The molecule has 1 aromatic rings. The van der Waals surface area contributed by atoms with Crippen LogP contribution in [0.25, 0.3) is 6.20 Å². The zero-order valence-electron chi connectivity index (χ0n) is 14.3. The molecular weight excluding hydrogens is 511 g/mol. The first kappa shape index (κ1) is 20.8. The average molecular weight is 541 g/mol. The van der Waals surface area contributed by atoms with Crippen LogP contribution < -0.4 is 3.71 Å². The second-order valence-electron chi connectivity index (χ2n) is 6.17. The van der Waals surface area contributed by atoms with Gasteiger partial charge in [-0.2, -0.15) is 0 Å². The van der Waals surface area contributed by atoms with Gasteiger partial charge in [0.05, 0.1) is 0 Å². The number of halogens is 2. The molecule has 0 atom stereocenters. The van der Waals surface area contributed by atoms with E-state index in [1.807, 2.05) is 6.20 Å². The molecular formula is C17H30Br2N2Sn. The molecule has 5 heteroatoms. The van der Waals surface area contributed by atoms with Gasteiger partial charge < -0.3 is 0 Å². The second kappa shape index (κ2) is 10.5. The first-order chi connectivity index (χ1) is 10.6. The summed E-state index contributed by atoms with van der Waals surface area (Å²) in [6.07, 6.45) is 9.83. The molecule has 0 unspecified atom stereocenters. The van der Waals surface area contributed by atoms with Crippen LogP contribution in [0.15, 0.2) is 15.7 Å². The van der Waals surface area contributed by atoms with Crippen molar-refractivity contribution in [2.45, 2.75) is 72.6 Å². The van der Waals surface area contributed by atoms with Crippen LogP contribution in [0.2, 0.25) is 13.3 Å². The molecule has 22 heavy (non-hydrogen) atoms. The van der Waals surface area contributed by atoms with Crippen LogP contribution in [0.1, 0.15) is 59.3 Å². The normalized spacial score (nSPS) is 11.9. The molecule has 0 aliphatic rings. The summed E-state index contributed by atoms with van der Waals surface area (Å²) in [6.45, 7) is 10.9. The first-order valence-electron chi connectivity index (χ1n) is 8.62. The molecule has 0 fully saturated rings. The topological polar surface area (TPSA) is 17.8 Å². The SMILES string of the molecule is C=Cn1nc(Br)c(Br)[c]1[Sn]([CH2]CCC)([CH2]CCC)[CH2]CCC. The fourth-order valence-electron chi connectivity index (χ4n) is 3.27. The van der Waals surface area contributed by atoms with Crippen molar-refractivity contribution < 1.29 is 0 Å². The molecule has 0 saturated carbocycles. The number of unbranched alkanes of at least 4 members (excludes halogenated alkanes) is 3. The Morgan fingerprint density at radius 3 is 1.82 bits per heavy atom. The van der Waals surface area contributed by atoms with Gasteiger partial charge in [-0.25, -0.2) is 0 Å². The van der Waals surface area contributed by atoms with Crippen LogP contribution in [0.3, 0.4) is 0 Å². The van der Waals surface area contributed by atoms with Gasteiger partial charge in [-0.15, -0.1) is 0 Å². The molecule has 0 aromatic carbocycles. The van der Waals surface area contributed by atoms with Crippen molar-refractivity contribution in [3.63, 3.8) is 0 Å². The third-order valence-corrected chi connectivity index (χ3v) is 22.9. The van der Waals surface area contributed by atoms with E-state index < -0.39 is 18.4 Å². The van der Waals surface area contributed by atoms with Crippen molar-refractivity contribution in [1.29, 1.82) is 0 Å². The van der Waals surface area contributed by atoms with Gasteiger partial charge in [0.25, 0.3) is 0 Å². The van der Waals surface area contributed by atoms with Crippen LogP contribution in [-0.4, -0.2) is 28.2 Å². The van der Waals surface area contributed by atoms with E-state index in [4.69, 9.17) is 0 Å². The second-order valence-corrected chi connectivity index (χ2v) is 20.7. The molecule has 0 aliphatic heterocycles. The van der Waals surface area contributed by atoms with Crippen LogP contribution in [0, 0.1) is 0 Å². The summed E-state index contributed by atoms with van der Waals surface area (Å²) in [5.41, 5.74) is 0. The van der Waals surface area contributed by atoms with E-state index in [2.05, 4.69) is 69.0 Å². The molecule has 1 aromatic heterocycles. The fourth-order valence-corrected chi connectivity index (χ4v) is 23.7. The summed E-state index contributed by atoms with van der Waals surface area (Å²) in [7, 11) is 0. The van der Waals surface area contributed by atoms with E-state index in [9.17, 15) is 0 Å². The van der Waals surface area contributed by atoms with Gasteiger partial charge in [-0.1, -0.05) is 0 Å². The summed E-state index contributed by atoms with van der Waals surface area (Å²) in [5.74, 6) is 0. The number of hydrogen-bond acceptors (Lipinski definition) is 1. The van der Waals surface area contributed by atoms with Crippen LogP contribution in [-0.2, 0) is 0 Å². The van der Waals surface area contributed by atoms with Gasteiger partial charge in [0, 0.05) is 0 Å². The molecule has 2 nitrogen and oxygen atoms in total. The Balaban J connectivity index is 3.33. The maximum atomic E-state index is 4.64. The van der Waals surface area contributed by atoms with Crippen molar-refractivity contribution in [3.8, 4) is 0 Å². The van der Waals surface area contributed by atoms with Gasteiger partial charge in [-0.3, -0.25) is 0 Å². The number of hydrogen-bond donors (Lipinski definition) is 0. The molecule has 1 rings (SSSR count). The standard InChI is InChI=1S/C5H3Br2N2.3C4H9.Sn/c1-2-9-3-4(6)5(7)8-9;3*1-3-4-2;/h2H,1H2;3*1,3-4H2,2H3;. The number of rotatable bonds is 11.